The van der Waals surface area contributed by atoms with Gasteiger partial charge in [0, 0.05) is 18.0 Å². The summed E-state index contributed by atoms with van der Waals surface area (Å²) < 4.78 is 0. The van der Waals surface area contributed by atoms with Crippen molar-refractivity contribution < 1.29 is 5.11 Å². The Kier molecular flexibility index (Phi) is 4.32. The van der Waals surface area contributed by atoms with Gasteiger partial charge in [0.2, 0.25) is 0 Å². The van der Waals surface area contributed by atoms with Gasteiger partial charge in [-0.25, -0.2) is 4.98 Å². The van der Waals surface area contributed by atoms with Gasteiger partial charge in [0.15, 0.2) is 0 Å². The summed E-state index contributed by atoms with van der Waals surface area (Å²) in [4.78, 5) is 6.55. The zero-order chi connectivity index (χ0) is 11.4. The molecule has 2 unspecified atom stereocenters. The molecule has 0 saturated heterocycles. The van der Waals surface area contributed by atoms with E-state index in [-0.39, 0.29) is 6.10 Å². The molecular formula is C12H20N2OS. The van der Waals surface area contributed by atoms with E-state index in [0.717, 1.165) is 25.1 Å². The maximum absolute atomic E-state index is 10.1. The van der Waals surface area contributed by atoms with E-state index < -0.39 is 0 Å². The molecule has 1 aliphatic rings. The zero-order valence-electron chi connectivity index (χ0n) is 9.80. The van der Waals surface area contributed by atoms with Crippen LogP contribution in [0.1, 0.15) is 37.8 Å². The third-order valence-electron chi connectivity index (χ3n) is 3.40. The average molecular weight is 240 g/mol. The van der Waals surface area contributed by atoms with Gasteiger partial charge in [-0.3, -0.25) is 4.90 Å². The Labute approximate surface area is 101 Å². The van der Waals surface area contributed by atoms with Crippen molar-refractivity contribution in [2.24, 2.45) is 0 Å². The second kappa shape index (κ2) is 5.75. The Balaban J connectivity index is 1.94. The van der Waals surface area contributed by atoms with Gasteiger partial charge in [-0.1, -0.05) is 19.3 Å². The molecule has 1 fully saturated rings. The van der Waals surface area contributed by atoms with Crippen LogP contribution in [0.5, 0.6) is 0 Å². The maximum atomic E-state index is 10.1. The minimum absolute atomic E-state index is 0.161. The predicted molar refractivity (Wildman–Crippen MR) is 66.5 cm³/mol. The van der Waals surface area contributed by atoms with Crippen molar-refractivity contribution in [3.63, 3.8) is 0 Å². The van der Waals surface area contributed by atoms with Crippen molar-refractivity contribution in [3.05, 3.63) is 16.6 Å². The Morgan fingerprint density at radius 3 is 3.00 bits per heavy atom. The van der Waals surface area contributed by atoms with Gasteiger partial charge in [0.05, 0.1) is 17.3 Å². The van der Waals surface area contributed by atoms with Gasteiger partial charge in [-0.15, -0.1) is 11.3 Å². The largest absolute Gasteiger partial charge is 0.391 e. The molecule has 0 spiro atoms. The summed E-state index contributed by atoms with van der Waals surface area (Å²) in [6.45, 7) is 0.852. The fourth-order valence-electron chi connectivity index (χ4n) is 2.47. The van der Waals surface area contributed by atoms with Gasteiger partial charge in [0.25, 0.3) is 0 Å². The molecule has 0 aliphatic heterocycles. The van der Waals surface area contributed by atoms with Gasteiger partial charge in [-0.05, 0) is 19.9 Å². The summed E-state index contributed by atoms with van der Waals surface area (Å²) in [5, 5.41) is 12.2. The quantitative estimate of drug-likeness (QED) is 0.823. The number of thiazole rings is 1. The minimum Gasteiger partial charge on any atom is -0.391 e. The fraction of sp³-hybridized carbons (Fsp3) is 0.750. The lowest BCUT2D eigenvalue weighted by Crippen LogP contribution is -2.40. The first kappa shape index (κ1) is 12.0. The number of aliphatic hydroxyl groups is 1. The molecule has 1 aliphatic carbocycles. The van der Waals surface area contributed by atoms with Crippen molar-refractivity contribution >= 4 is 11.3 Å². The Morgan fingerprint density at radius 2 is 2.25 bits per heavy atom. The van der Waals surface area contributed by atoms with Crippen LogP contribution in [0.25, 0.3) is 0 Å². The number of likely N-dealkylation sites (N-methyl/N-ethyl adjacent to an activating group) is 1. The summed E-state index contributed by atoms with van der Waals surface area (Å²) >= 11 is 1.63. The number of hydrogen-bond acceptors (Lipinski definition) is 4. The SMILES string of the molecule is CN(Cc1cscn1)C1CCCCCC1O. The number of hydrogen-bond donors (Lipinski definition) is 1. The van der Waals surface area contributed by atoms with Crippen molar-refractivity contribution in [2.45, 2.75) is 50.8 Å². The van der Waals surface area contributed by atoms with E-state index in [2.05, 4.69) is 22.3 Å². The molecule has 0 aromatic carbocycles. The molecule has 1 saturated carbocycles. The van der Waals surface area contributed by atoms with Crippen LogP contribution in [0.3, 0.4) is 0 Å². The lowest BCUT2D eigenvalue weighted by molar-refractivity contribution is 0.0539. The molecule has 1 aromatic rings. The molecule has 1 heterocycles. The van der Waals surface area contributed by atoms with Crippen LogP contribution >= 0.6 is 11.3 Å². The molecule has 0 radical (unpaired) electrons. The summed E-state index contributed by atoms with van der Waals surface area (Å²) in [5.74, 6) is 0. The Hall–Kier alpha value is -0.450. The molecule has 4 heteroatoms. The van der Waals surface area contributed by atoms with Crippen LogP contribution in [-0.4, -0.2) is 34.2 Å². The summed E-state index contributed by atoms with van der Waals surface area (Å²) in [5.41, 5.74) is 2.98. The first-order valence-corrected chi connectivity index (χ1v) is 6.97. The lowest BCUT2D eigenvalue weighted by Gasteiger charge is -2.30. The molecule has 0 bridgehead atoms. The van der Waals surface area contributed by atoms with Gasteiger partial charge < -0.3 is 5.11 Å². The summed E-state index contributed by atoms with van der Waals surface area (Å²) in [6, 6.07) is 0.309. The van der Waals surface area contributed by atoms with Crippen molar-refractivity contribution in [2.75, 3.05) is 7.05 Å². The second-order valence-electron chi connectivity index (χ2n) is 4.67. The Morgan fingerprint density at radius 1 is 1.44 bits per heavy atom. The van der Waals surface area contributed by atoms with Crippen LogP contribution in [0, 0.1) is 0 Å². The highest BCUT2D eigenvalue weighted by atomic mass is 32.1. The van der Waals surface area contributed by atoms with Gasteiger partial charge in [-0.2, -0.15) is 0 Å². The minimum atomic E-state index is -0.161. The molecule has 1 aromatic heterocycles. The van der Waals surface area contributed by atoms with Crippen LogP contribution in [0.15, 0.2) is 10.9 Å². The average Bonchev–Trinajstić information content (AvgIpc) is 2.66. The van der Waals surface area contributed by atoms with Crippen molar-refractivity contribution in [1.29, 1.82) is 0 Å². The smallest absolute Gasteiger partial charge is 0.0795 e. The third-order valence-corrected chi connectivity index (χ3v) is 4.04. The maximum Gasteiger partial charge on any atom is 0.0795 e. The van der Waals surface area contributed by atoms with E-state index in [1.165, 1.54) is 19.3 Å². The number of nitrogens with zero attached hydrogens (tertiary/aromatic N) is 2. The monoisotopic (exact) mass is 240 g/mol. The molecule has 2 rings (SSSR count). The van der Waals surface area contributed by atoms with Crippen LogP contribution in [0.4, 0.5) is 0 Å². The van der Waals surface area contributed by atoms with Crippen molar-refractivity contribution in [1.82, 2.24) is 9.88 Å². The van der Waals surface area contributed by atoms with E-state index in [9.17, 15) is 5.11 Å². The number of rotatable bonds is 3. The molecule has 0 amide bonds. The lowest BCUT2D eigenvalue weighted by atomic mass is 10.0. The topological polar surface area (TPSA) is 36.4 Å². The number of aliphatic hydroxyl groups excluding tert-OH is 1. The zero-order valence-corrected chi connectivity index (χ0v) is 10.6. The summed E-state index contributed by atoms with van der Waals surface area (Å²) in [6.07, 6.45) is 5.57. The number of aromatic nitrogens is 1. The van der Waals surface area contributed by atoms with Crippen molar-refractivity contribution in [3.8, 4) is 0 Å². The second-order valence-corrected chi connectivity index (χ2v) is 5.39. The highest BCUT2D eigenvalue weighted by Crippen LogP contribution is 2.22. The first-order chi connectivity index (χ1) is 7.77. The first-order valence-electron chi connectivity index (χ1n) is 6.03. The summed E-state index contributed by atoms with van der Waals surface area (Å²) in [7, 11) is 2.10. The highest BCUT2D eigenvalue weighted by Gasteiger charge is 2.25. The fourth-order valence-corrected chi connectivity index (χ4v) is 3.02. The predicted octanol–water partition coefficient (Wildman–Crippen LogP) is 2.27. The highest BCUT2D eigenvalue weighted by molar-refractivity contribution is 7.07. The van der Waals surface area contributed by atoms with Gasteiger partial charge >= 0.3 is 0 Å². The molecule has 1 N–H and O–H groups in total. The standard InChI is InChI=1S/C12H20N2OS/c1-14(7-10-8-16-9-13-10)11-5-3-2-4-6-12(11)15/h8-9,11-12,15H,2-7H2,1H3. The molecule has 16 heavy (non-hydrogen) atoms. The molecule has 90 valence electrons. The van der Waals surface area contributed by atoms with Crippen LogP contribution in [0.2, 0.25) is 0 Å². The normalized spacial score (nSPS) is 26.9. The van der Waals surface area contributed by atoms with Gasteiger partial charge in [0.1, 0.15) is 0 Å². The van der Waals surface area contributed by atoms with E-state index >= 15 is 0 Å². The Bertz CT molecular complexity index is 302. The van der Waals surface area contributed by atoms with E-state index in [0.29, 0.717) is 6.04 Å². The molecule has 2 atom stereocenters. The van der Waals surface area contributed by atoms with E-state index in [1.807, 2.05) is 5.51 Å². The molecular weight excluding hydrogens is 220 g/mol. The molecule has 3 nitrogen and oxygen atoms in total. The van der Waals surface area contributed by atoms with E-state index in [1.54, 1.807) is 11.3 Å². The van der Waals surface area contributed by atoms with Crippen LogP contribution in [-0.2, 0) is 6.54 Å². The third kappa shape index (κ3) is 3.03. The van der Waals surface area contributed by atoms with E-state index in [4.69, 9.17) is 0 Å². The van der Waals surface area contributed by atoms with Crippen LogP contribution < -0.4 is 0 Å².